The second-order valence-electron chi connectivity index (χ2n) is 9.33. The Hall–Kier alpha value is -4.05. The van der Waals surface area contributed by atoms with Crippen LogP contribution in [0.15, 0.2) is 96.2 Å². The average molecular weight is 591 g/mol. The lowest BCUT2D eigenvalue weighted by Gasteiger charge is -2.14. The molecule has 2 aromatic heterocycles. The van der Waals surface area contributed by atoms with Crippen LogP contribution in [0.5, 0.6) is 5.75 Å². The van der Waals surface area contributed by atoms with Crippen LogP contribution in [0.1, 0.15) is 17.4 Å². The lowest BCUT2D eigenvalue weighted by molar-refractivity contribution is 0.306. The van der Waals surface area contributed by atoms with Gasteiger partial charge in [0, 0.05) is 46.0 Å². The van der Waals surface area contributed by atoms with Gasteiger partial charge in [-0.1, -0.05) is 29.8 Å². The van der Waals surface area contributed by atoms with Gasteiger partial charge in [0.1, 0.15) is 41.8 Å². The maximum atomic E-state index is 13.5. The number of nitrogens with one attached hydrogen (secondary N) is 2. The van der Waals surface area contributed by atoms with Gasteiger partial charge in [-0.25, -0.2) is 14.4 Å². The molecule has 0 aliphatic carbocycles. The molecule has 0 radical (unpaired) electrons. The Kier molecular flexibility index (Phi) is 9.08. The topological polar surface area (TPSA) is 89.3 Å². The number of ether oxygens (including phenoxy) is 1. The van der Waals surface area contributed by atoms with E-state index in [1.165, 1.54) is 18.5 Å². The standard InChI is InChI=1S/C31H28ClFN4O3S/c1-3-13-34-27(18-41(2)38)30-12-11-28(40-30)21-7-9-26-24(15-21)31(36-19-35-26)37-23-8-10-29(25(32)16-23)39-17-20-5-4-6-22(33)14-20/h3-12,14-16,19,27,34H,1,13,17-18H2,2H3,(H,35,36,37)/t27?,41-/m1/s1. The van der Waals surface area contributed by atoms with E-state index in [0.717, 1.165) is 16.5 Å². The minimum atomic E-state index is -1.00. The van der Waals surface area contributed by atoms with Gasteiger partial charge in [-0.05, 0) is 66.2 Å². The number of anilines is 2. The fourth-order valence-electron chi connectivity index (χ4n) is 4.33. The van der Waals surface area contributed by atoms with Crippen molar-refractivity contribution in [3.63, 3.8) is 0 Å². The zero-order chi connectivity index (χ0) is 28.8. The smallest absolute Gasteiger partial charge is 0.141 e. The molecule has 0 spiro atoms. The number of aromatic nitrogens is 2. The summed E-state index contributed by atoms with van der Waals surface area (Å²) in [7, 11) is -1.00. The summed E-state index contributed by atoms with van der Waals surface area (Å²) < 4.78 is 37.3. The van der Waals surface area contributed by atoms with Crippen LogP contribution in [0.3, 0.4) is 0 Å². The molecule has 7 nitrogen and oxygen atoms in total. The summed E-state index contributed by atoms with van der Waals surface area (Å²) in [5.41, 5.74) is 3.02. The van der Waals surface area contributed by atoms with Crippen LogP contribution in [0.4, 0.5) is 15.9 Å². The molecule has 0 aliphatic rings. The van der Waals surface area contributed by atoms with E-state index in [9.17, 15) is 8.60 Å². The summed E-state index contributed by atoms with van der Waals surface area (Å²) >= 11 is 6.49. The Bertz CT molecular complexity index is 1710. The maximum Gasteiger partial charge on any atom is 0.141 e. The van der Waals surface area contributed by atoms with Crippen molar-refractivity contribution in [1.82, 2.24) is 15.3 Å². The molecule has 0 saturated heterocycles. The Morgan fingerprint density at radius 2 is 2.00 bits per heavy atom. The number of furan rings is 1. The van der Waals surface area contributed by atoms with E-state index in [2.05, 4.69) is 27.2 Å². The molecule has 0 aliphatic heterocycles. The van der Waals surface area contributed by atoms with Crippen LogP contribution in [0.2, 0.25) is 5.02 Å². The predicted molar refractivity (Wildman–Crippen MR) is 163 cm³/mol. The van der Waals surface area contributed by atoms with Crippen molar-refractivity contribution in [2.45, 2.75) is 12.6 Å². The molecule has 0 fully saturated rings. The van der Waals surface area contributed by atoms with Crippen LogP contribution >= 0.6 is 11.6 Å². The first-order chi connectivity index (χ1) is 19.9. The molecule has 5 rings (SSSR count). The van der Waals surface area contributed by atoms with Gasteiger partial charge in [0.05, 0.1) is 16.6 Å². The molecule has 5 aromatic rings. The van der Waals surface area contributed by atoms with Crippen molar-refractivity contribution in [1.29, 1.82) is 0 Å². The molecule has 1 unspecified atom stereocenters. The second-order valence-corrected chi connectivity index (χ2v) is 11.2. The summed E-state index contributed by atoms with van der Waals surface area (Å²) in [6.45, 7) is 4.51. The monoisotopic (exact) mass is 590 g/mol. The van der Waals surface area contributed by atoms with E-state index in [-0.39, 0.29) is 18.5 Å². The summed E-state index contributed by atoms with van der Waals surface area (Å²) in [5.74, 6) is 2.57. The van der Waals surface area contributed by atoms with Crippen LogP contribution < -0.4 is 15.4 Å². The highest BCUT2D eigenvalue weighted by Crippen LogP contribution is 2.33. The molecular formula is C31H28ClFN4O3S. The van der Waals surface area contributed by atoms with Crippen LogP contribution in [0.25, 0.3) is 22.2 Å². The van der Waals surface area contributed by atoms with Crippen molar-refractivity contribution in [2.24, 2.45) is 0 Å². The molecule has 2 heterocycles. The zero-order valence-corrected chi connectivity index (χ0v) is 23.8. The maximum absolute atomic E-state index is 13.5. The molecule has 0 bridgehead atoms. The van der Waals surface area contributed by atoms with Crippen molar-refractivity contribution in [3.8, 4) is 17.1 Å². The number of fused-ring (bicyclic) bond motifs is 1. The van der Waals surface area contributed by atoms with E-state index in [1.54, 1.807) is 36.6 Å². The fourth-order valence-corrected chi connectivity index (χ4v) is 5.31. The Labute approximate surface area is 244 Å². The molecular weight excluding hydrogens is 563 g/mol. The fraction of sp³-hybridized carbons (Fsp3) is 0.161. The van der Waals surface area contributed by atoms with Crippen LogP contribution in [0, 0.1) is 5.82 Å². The number of nitrogens with zero attached hydrogens (tertiary/aromatic N) is 2. The zero-order valence-electron chi connectivity index (χ0n) is 22.3. The van der Waals surface area contributed by atoms with Gasteiger partial charge in [0.2, 0.25) is 0 Å². The van der Waals surface area contributed by atoms with E-state index in [4.69, 9.17) is 20.8 Å². The molecule has 0 amide bonds. The lowest BCUT2D eigenvalue weighted by Crippen LogP contribution is -2.25. The van der Waals surface area contributed by atoms with E-state index >= 15 is 0 Å². The molecule has 0 saturated carbocycles. The highest BCUT2D eigenvalue weighted by molar-refractivity contribution is 7.84. The third-order valence-electron chi connectivity index (χ3n) is 6.28. The molecule has 3 aromatic carbocycles. The Morgan fingerprint density at radius 3 is 2.78 bits per heavy atom. The number of rotatable bonds is 12. The van der Waals surface area contributed by atoms with Crippen LogP contribution in [-0.4, -0.2) is 32.7 Å². The van der Waals surface area contributed by atoms with E-state index in [0.29, 0.717) is 51.7 Å². The van der Waals surface area contributed by atoms with Crippen molar-refractivity contribution < 1.29 is 17.8 Å². The Balaban J connectivity index is 1.36. The Morgan fingerprint density at radius 1 is 1.12 bits per heavy atom. The van der Waals surface area contributed by atoms with Gasteiger partial charge in [0.15, 0.2) is 0 Å². The normalized spacial score (nSPS) is 12.7. The van der Waals surface area contributed by atoms with Gasteiger partial charge in [-0.3, -0.25) is 4.21 Å². The number of hydrogen-bond donors (Lipinski definition) is 2. The van der Waals surface area contributed by atoms with E-state index < -0.39 is 10.8 Å². The third kappa shape index (κ3) is 7.18. The highest BCUT2D eigenvalue weighted by atomic mass is 35.5. The summed E-state index contributed by atoms with van der Waals surface area (Å²) in [5, 5.41) is 7.82. The quantitative estimate of drug-likeness (QED) is 0.149. The molecule has 2 atom stereocenters. The van der Waals surface area contributed by atoms with Gasteiger partial charge in [-0.2, -0.15) is 0 Å². The highest BCUT2D eigenvalue weighted by Gasteiger charge is 2.18. The van der Waals surface area contributed by atoms with Crippen molar-refractivity contribution in [2.75, 3.05) is 23.9 Å². The van der Waals surface area contributed by atoms with Gasteiger partial charge >= 0.3 is 0 Å². The van der Waals surface area contributed by atoms with Gasteiger partial charge in [0.25, 0.3) is 0 Å². The summed E-state index contributed by atoms with van der Waals surface area (Å²) in [6.07, 6.45) is 4.92. The van der Waals surface area contributed by atoms with Gasteiger partial charge < -0.3 is 19.8 Å². The summed E-state index contributed by atoms with van der Waals surface area (Å²) in [6, 6.07) is 21.0. The number of benzene rings is 3. The number of halogens is 2. The SMILES string of the molecule is C=CCNC(C[S@@](C)=O)c1ccc(-c2ccc3ncnc(Nc4ccc(OCc5cccc(F)c5)c(Cl)c4)c3c2)o1. The summed E-state index contributed by atoms with van der Waals surface area (Å²) in [4.78, 5) is 8.86. The van der Waals surface area contributed by atoms with Crippen LogP contribution in [-0.2, 0) is 17.4 Å². The first-order valence-electron chi connectivity index (χ1n) is 12.8. The molecule has 210 valence electrons. The second kappa shape index (κ2) is 13.1. The molecule has 41 heavy (non-hydrogen) atoms. The lowest BCUT2D eigenvalue weighted by atomic mass is 10.1. The minimum absolute atomic E-state index is 0.194. The van der Waals surface area contributed by atoms with E-state index in [1.807, 2.05) is 36.4 Å². The first kappa shape index (κ1) is 28.5. The van der Waals surface area contributed by atoms with Crippen molar-refractivity contribution in [3.05, 3.63) is 114 Å². The molecule has 2 N–H and O–H groups in total. The minimum Gasteiger partial charge on any atom is -0.487 e. The largest absolute Gasteiger partial charge is 0.487 e. The first-order valence-corrected chi connectivity index (χ1v) is 14.9. The average Bonchev–Trinajstić information content (AvgIpc) is 3.45. The molecule has 10 heteroatoms. The number of hydrogen-bond acceptors (Lipinski definition) is 7. The van der Waals surface area contributed by atoms with Crippen molar-refractivity contribution >= 4 is 44.8 Å². The van der Waals surface area contributed by atoms with Gasteiger partial charge in [-0.15, -0.1) is 6.58 Å². The predicted octanol–water partition coefficient (Wildman–Crippen LogP) is 7.20. The third-order valence-corrected chi connectivity index (χ3v) is 7.38.